The molecule has 2 aromatic carbocycles. The second-order valence-corrected chi connectivity index (χ2v) is 6.72. The van der Waals surface area contributed by atoms with Gasteiger partial charge in [0.05, 0.1) is 17.7 Å². The minimum atomic E-state index is -0.491. The molecule has 0 aliphatic heterocycles. The van der Waals surface area contributed by atoms with E-state index in [4.69, 9.17) is 4.98 Å². The molecule has 0 bridgehead atoms. The average Bonchev–Trinajstić information content (AvgIpc) is 3.04. The third-order valence-corrected chi connectivity index (χ3v) is 4.99. The monoisotopic (exact) mass is 354 g/mol. The predicted octanol–water partition coefficient (Wildman–Crippen LogP) is 3.76. The van der Waals surface area contributed by atoms with Crippen LogP contribution in [0.25, 0.3) is 22.4 Å². The van der Waals surface area contributed by atoms with Crippen LogP contribution >= 0.6 is 0 Å². The van der Waals surface area contributed by atoms with Crippen LogP contribution in [-0.4, -0.2) is 26.2 Å². The van der Waals surface area contributed by atoms with Crippen LogP contribution in [0.15, 0.2) is 72.9 Å². The fraction of sp³-hybridized carbons (Fsp3) is 0.136. The van der Waals surface area contributed by atoms with Gasteiger partial charge in [0.15, 0.2) is 5.82 Å². The average molecular weight is 354 g/mol. The molecule has 5 heteroatoms. The fourth-order valence-corrected chi connectivity index (χ4v) is 3.69. The first-order valence-corrected chi connectivity index (χ1v) is 9.00. The van der Waals surface area contributed by atoms with Crippen molar-refractivity contribution < 1.29 is 5.11 Å². The Morgan fingerprint density at radius 3 is 2.59 bits per heavy atom. The van der Waals surface area contributed by atoms with E-state index in [0.29, 0.717) is 18.1 Å². The van der Waals surface area contributed by atoms with E-state index in [1.807, 2.05) is 54.6 Å². The number of nitrogens with one attached hydrogen (secondary N) is 1. The Balaban J connectivity index is 1.62. The Bertz CT molecular complexity index is 1110. The molecule has 5 rings (SSSR count). The molecule has 0 fully saturated rings. The van der Waals surface area contributed by atoms with Crippen molar-refractivity contribution in [3.63, 3.8) is 0 Å². The second-order valence-electron chi connectivity index (χ2n) is 6.72. The van der Waals surface area contributed by atoms with Crippen molar-refractivity contribution in [3.8, 4) is 11.5 Å². The van der Waals surface area contributed by atoms with E-state index in [9.17, 15) is 5.11 Å². The van der Waals surface area contributed by atoms with Gasteiger partial charge >= 0.3 is 0 Å². The lowest BCUT2D eigenvalue weighted by atomic mass is 10.1. The van der Waals surface area contributed by atoms with Gasteiger partial charge in [0, 0.05) is 18.0 Å². The lowest BCUT2D eigenvalue weighted by Crippen LogP contribution is -2.22. The Labute approximate surface area is 156 Å². The first-order chi connectivity index (χ1) is 13.3. The summed E-state index contributed by atoms with van der Waals surface area (Å²) in [7, 11) is 0. The number of anilines is 1. The molecule has 2 unspecified atom stereocenters. The van der Waals surface area contributed by atoms with Gasteiger partial charge in [-0.05, 0) is 35.4 Å². The molecule has 0 amide bonds. The third-order valence-electron chi connectivity index (χ3n) is 4.99. The van der Waals surface area contributed by atoms with Gasteiger partial charge in [-0.3, -0.25) is 4.98 Å². The molecule has 132 valence electrons. The molecule has 5 nitrogen and oxygen atoms in total. The van der Waals surface area contributed by atoms with E-state index in [1.165, 1.54) is 5.56 Å². The van der Waals surface area contributed by atoms with Crippen molar-refractivity contribution in [2.24, 2.45) is 0 Å². The van der Waals surface area contributed by atoms with Crippen molar-refractivity contribution in [1.29, 1.82) is 0 Å². The molecule has 2 heterocycles. The number of rotatable bonds is 3. The maximum Gasteiger partial charge on any atom is 0.180 e. The third kappa shape index (κ3) is 2.82. The number of aliphatic hydroxyl groups is 1. The summed E-state index contributed by atoms with van der Waals surface area (Å²) >= 11 is 0. The molecular weight excluding hydrogens is 336 g/mol. The SMILES string of the molecule is OC1Cc2ccccc2C1Nc1nc(-c2ccccn2)nc2ccccc12. The van der Waals surface area contributed by atoms with Crippen LogP contribution < -0.4 is 5.32 Å². The van der Waals surface area contributed by atoms with Crippen LogP contribution in [0.2, 0.25) is 0 Å². The topological polar surface area (TPSA) is 70.9 Å². The van der Waals surface area contributed by atoms with Crippen LogP contribution in [0.3, 0.4) is 0 Å². The predicted molar refractivity (Wildman–Crippen MR) is 105 cm³/mol. The van der Waals surface area contributed by atoms with Crippen LogP contribution in [0.4, 0.5) is 5.82 Å². The molecular formula is C22H18N4O. The largest absolute Gasteiger partial charge is 0.390 e. The van der Waals surface area contributed by atoms with Gasteiger partial charge in [-0.25, -0.2) is 9.97 Å². The maximum absolute atomic E-state index is 10.6. The van der Waals surface area contributed by atoms with E-state index in [-0.39, 0.29) is 6.04 Å². The lowest BCUT2D eigenvalue weighted by molar-refractivity contribution is 0.165. The Morgan fingerprint density at radius 2 is 1.70 bits per heavy atom. The number of fused-ring (bicyclic) bond motifs is 2. The van der Waals surface area contributed by atoms with Crippen molar-refractivity contribution in [3.05, 3.63) is 84.1 Å². The van der Waals surface area contributed by atoms with Crippen molar-refractivity contribution >= 4 is 16.7 Å². The minimum absolute atomic E-state index is 0.198. The van der Waals surface area contributed by atoms with Crippen LogP contribution in [0.5, 0.6) is 0 Å². The number of para-hydroxylation sites is 1. The van der Waals surface area contributed by atoms with Gasteiger partial charge in [0.25, 0.3) is 0 Å². The number of aromatic nitrogens is 3. The molecule has 2 aromatic heterocycles. The zero-order chi connectivity index (χ0) is 18.2. The van der Waals surface area contributed by atoms with Gasteiger partial charge in [0.2, 0.25) is 0 Å². The first kappa shape index (κ1) is 15.9. The second kappa shape index (κ2) is 6.45. The first-order valence-electron chi connectivity index (χ1n) is 9.00. The van der Waals surface area contributed by atoms with Gasteiger partial charge in [-0.2, -0.15) is 0 Å². The molecule has 0 spiro atoms. The Morgan fingerprint density at radius 1 is 0.889 bits per heavy atom. The molecule has 0 saturated heterocycles. The van der Waals surface area contributed by atoms with Crippen molar-refractivity contribution in [2.45, 2.75) is 18.6 Å². The molecule has 1 aliphatic rings. The van der Waals surface area contributed by atoms with Crippen LogP contribution in [0, 0.1) is 0 Å². The van der Waals surface area contributed by atoms with E-state index in [2.05, 4.69) is 27.4 Å². The molecule has 4 aromatic rings. The number of pyridine rings is 1. The van der Waals surface area contributed by atoms with Crippen molar-refractivity contribution in [1.82, 2.24) is 15.0 Å². The Hall–Kier alpha value is -3.31. The molecule has 27 heavy (non-hydrogen) atoms. The maximum atomic E-state index is 10.6. The van der Waals surface area contributed by atoms with Crippen LogP contribution in [0.1, 0.15) is 17.2 Å². The van der Waals surface area contributed by atoms with Crippen molar-refractivity contribution in [2.75, 3.05) is 5.32 Å². The van der Waals surface area contributed by atoms with Gasteiger partial charge < -0.3 is 10.4 Å². The molecule has 2 atom stereocenters. The molecule has 0 radical (unpaired) electrons. The smallest absolute Gasteiger partial charge is 0.180 e. The number of benzene rings is 2. The number of nitrogens with zero attached hydrogens (tertiary/aromatic N) is 3. The summed E-state index contributed by atoms with van der Waals surface area (Å²) in [4.78, 5) is 13.8. The summed E-state index contributed by atoms with van der Waals surface area (Å²) in [5, 5.41) is 15.0. The highest BCUT2D eigenvalue weighted by molar-refractivity contribution is 5.90. The van der Waals surface area contributed by atoms with E-state index >= 15 is 0 Å². The Kier molecular flexibility index (Phi) is 3.80. The van der Waals surface area contributed by atoms with Gasteiger partial charge in [-0.1, -0.05) is 42.5 Å². The summed E-state index contributed by atoms with van der Waals surface area (Å²) in [6.07, 6.45) is 1.89. The number of aliphatic hydroxyl groups excluding tert-OH is 1. The zero-order valence-electron chi connectivity index (χ0n) is 14.6. The zero-order valence-corrected chi connectivity index (χ0v) is 14.6. The molecule has 1 aliphatic carbocycles. The van der Waals surface area contributed by atoms with Crippen LogP contribution in [-0.2, 0) is 6.42 Å². The fourth-order valence-electron chi connectivity index (χ4n) is 3.69. The van der Waals surface area contributed by atoms with E-state index < -0.39 is 6.10 Å². The molecule has 0 saturated carbocycles. The summed E-state index contributed by atoms with van der Waals surface area (Å²) < 4.78 is 0. The van der Waals surface area contributed by atoms with E-state index in [1.54, 1.807) is 6.20 Å². The highest BCUT2D eigenvalue weighted by atomic mass is 16.3. The summed E-state index contributed by atoms with van der Waals surface area (Å²) in [6.45, 7) is 0. The quantitative estimate of drug-likeness (QED) is 0.586. The number of hydrogen-bond acceptors (Lipinski definition) is 5. The minimum Gasteiger partial charge on any atom is -0.390 e. The lowest BCUT2D eigenvalue weighted by Gasteiger charge is -2.20. The summed E-state index contributed by atoms with van der Waals surface area (Å²) in [6, 6.07) is 21.5. The number of hydrogen-bond donors (Lipinski definition) is 2. The summed E-state index contributed by atoms with van der Waals surface area (Å²) in [5.41, 5.74) is 3.85. The summed E-state index contributed by atoms with van der Waals surface area (Å²) in [5.74, 6) is 1.28. The molecule has 2 N–H and O–H groups in total. The van der Waals surface area contributed by atoms with Gasteiger partial charge in [-0.15, -0.1) is 0 Å². The highest BCUT2D eigenvalue weighted by Gasteiger charge is 2.31. The van der Waals surface area contributed by atoms with Gasteiger partial charge in [0.1, 0.15) is 11.5 Å². The van der Waals surface area contributed by atoms with E-state index in [0.717, 1.165) is 22.2 Å². The normalized spacial score (nSPS) is 18.4. The highest BCUT2D eigenvalue weighted by Crippen LogP contribution is 2.35. The standard InChI is InChI=1S/C22H18N4O/c27-19-13-14-7-1-2-8-15(14)20(19)25-21-16-9-3-4-10-17(16)24-22(26-21)18-11-5-6-12-23-18/h1-12,19-20,27H,13H2,(H,24,25,26).